The first-order valence-corrected chi connectivity index (χ1v) is 13.2. The van der Waals surface area contributed by atoms with Crippen LogP contribution in [-0.2, 0) is 20.9 Å². The molecule has 3 N–H and O–H groups in total. The summed E-state index contributed by atoms with van der Waals surface area (Å²) in [6.45, 7) is 3.63. The van der Waals surface area contributed by atoms with E-state index in [1.807, 2.05) is 0 Å². The van der Waals surface area contributed by atoms with Crippen LogP contribution in [0.25, 0.3) is 0 Å². The third kappa shape index (κ3) is 8.12. The number of amides is 1. The first-order valence-electron chi connectivity index (χ1n) is 12.8. The normalized spacial score (nSPS) is 14.7. The molecule has 0 aromatic heterocycles. The Morgan fingerprint density at radius 1 is 1.07 bits per heavy atom. The van der Waals surface area contributed by atoms with Crippen molar-refractivity contribution in [2.75, 3.05) is 13.2 Å². The van der Waals surface area contributed by atoms with Crippen LogP contribution in [0.5, 0.6) is 11.5 Å². The van der Waals surface area contributed by atoms with Crippen LogP contribution in [0.1, 0.15) is 36.6 Å². The Labute approximate surface area is 242 Å². The molecular weight excluding hydrogens is 547 g/mol. The van der Waals surface area contributed by atoms with Crippen molar-refractivity contribution in [3.8, 4) is 11.5 Å². The number of carbonyl (C=O) groups is 2. The number of nitrogens with zero attached hydrogens (tertiary/aromatic N) is 1. The van der Waals surface area contributed by atoms with Crippen molar-refractivity contribution < 1.29 is 28.2 Å². The molecule has 9 nitrogen and oxygen atoms in total. The lowest BCUT2D eigenvalue weighted by Gasteiger charge is -2.30. The lowest BCUT2D eigenvalue weighted by atomic mass is 9.95. The molecule has 0 fully saturated rings. The van der Waals surface area contributed by atoms with E-state index in [0.29, 0.717) is 33.4 Å². The molecule has 4 rings (SSSR count). The Bertz CT molecular complexity index is 1480. The van der Waals surface area contributed by atoms with E-state index in [0.717, 1.165) is 11.1 Å². The highest BCUT2D eigenvalue weighted by Gasteiger charge is 2.32. The number of rotatable bonds is 11. The molecule has 0 saturated carbocycles. The number of carbonyl (C=O) groups excluding carboxylic acids is 2. The van der Waals surface area contributed by atoms with Gasteiger partial charge in [-0.05, 0) is 79.7 Å². The number of ether oxygens (including phenoxy) is 3. The van der Waals surface area contributed by atoms with E-state index in [-0.39, 0.29) is 25.6 Å². The predicted octanol–water partition coefficient (Wildman–Crippen LogP) is 4.29. The summed E-state index contributed by atoms with van der Waals surface area (Å²) >= 11 is 5.30. The van der Waals surface area contributed by atoms with Gasteiger partial charge in [0.25, 0.3) is 5.91 Å². The number of benzene rings is 3. The van der Waals surface area contributed by atoms with E-state index < -0.39 is 17.9 Å². The van der Waals surface area contributed by atoms with Gasteiger partial charge in [0.15, 0.2) is 11.7 Å². The Balaban J connectivity index is 1.32. The van der Waals surface area contributed by atoms with E-state index in [1.54, 1.807) is 74.5 Å². The summed E-state index contributed by atoms with van der Waals surface area (Å²) in [6, 6.07) is 19.7. The van der Waals surface area contributed by atoms with E-state index >= 15 is 0 Å². The molecule has 1 atom stereocenters. The largest absolute Gasteiger partial charge is 0.489 e. The number of hydrogen-bond acceptors (Lipinski definition) is 7. The maximum atomic E-state index is 13.3. The van der Waals surface area contributed by atoms with Crippen LogP contribution in [0, 0.1) is 5.82 Å². The Morgan fingerprint density at radius 3 is 2.61 bits per heavy atom. The molecule has 0 bridgehead atoms. The van der Waals surface area contributed by atoms with Crippen LogP contribution < -0.4 is 25.5 Å². The first-order chi connectivity index (χ1) is 19.8. The third-order valence-corrected chi connectivity index (χ3v) is 6.15. The van der Waals surface area contributed by atoms with E-state index in [2.05, 4.69) is 21.2 Å². The molecule has 11 heteroatoms. The van der Waals surface area contributed by atoms with Crippen molar-refractivity contribution in [1.29, 1.82) is 0 Å². The molecule has 1 aliphatic rings. The van der Waals surface area contributed by atoms with Gasteiger partial charge >= 0.3 is 5.97 Å². The average molecular weight is 577 g/mol. The van der Waals surface area contributed by atoms with Gasteiger partial charge in [-0.3, -0.25) is 4.79 Å². The summed E-state index contributed by atoms with van der Waals surface area (Å²) in [5.74, 6) is -0.254. The fraction of sp³-hybridized carbons (Fsp3) is 0.200. The van der Waals surface area contributed by atoms with Crippen LogP contribution in [0.2, 0.25) is 0 Å². The highest BCUT2D eigenvalue weighted by Crippen LogP contribution is 2.33. The van der Waals surface area contributed by atoms with Crippen molar-refractivity contribution in [2.24, 2.45) is 5.10 Å². The molecule has 212 valence electrons. The second kappa shape index (κ2) is 14.0. The molecule has 1 aliphatic heterocycles. The van der Waals surface area contributed by atoms with Gasteiger partial charge < -0.3 is 24.8 Å². The number of hydrazone groups is 1. The molecule has 0 saturated heterocycles. The van der Waals surface area contributed by atoms with E-state index in [4.69, 9.17) is 26.4 Å². The number of halogens is 1. The summed E-state index contributed by atoms with van der Waals surface area (Å²) in [6.07, 6.45) is 1.49. The lowest BCUT2D eigenvalue weighted by Crippen LogP contribution is -2.45. The number of nitrogens with one attached hydrogen (secondary N) is 3. The zero-order valence-electron chi connectivity index (χ0n) is 22.5. The second-order valence-corrected chi connectivity index (χ2v) is 9.31. The minimum atomic E-state index is -0.624. The van der Waals surface area contributed by atoms with Crippen LogP contribution in [0.15, 0.2) is 89.2 Å². The summed E-state index contributed by atoms with van der Waals surface area (Å²) < 4.78 is 30.0. The van der Waals surface area contributed by atoms with Gasteiger partial charge in [0.2, 0.25) is 0 Å². The molecule has 0 spiro atoms. The van der Waals surface area contributed by atoms with Gasteiger partial charge in [-0.15, -0.1) is 0 Å². The lowest BCUT2D eigenvalue weighted by molar-refractivity contribution is -0.139. The highest BCUT2D eigenvalue weighted by atomic mass is 32.1. The van der Waals surface area contributed by atoms with Gasteiger partial charge in [-0.1, -0.05) is 30.3 Å². The van der Waals surface area contributed by atoms with Gasteiger partial charge in [-0.2, -0.15) is 5.10 Å². The molecule has 3 aromatic rings. The van der Waals surface area contributed by atoms with Gasteiger partial charge in [0.05, 0.1) is 24.4 Å². The van der Waals surface area contributed by atoms with Crippen molar-refractivity contribution in [2.45, 2.75) is 26.5 Å². The molecule has 1 heterocycles. The number of para-hydroxylation sites is 1. The molecule has 3 aromatic carbocycles. The topological polar surface area (TPSA) is 110 Å². The van der Waals surface area contributed by atoms with Crippen LogP contribution in [0.3, 0.4) is 0 Å². The quantitative estimate of drug-likeness (QED) is 0.134. The minimum Gasteiger partial charge on any atom is -0.489 e. The Morgan fingerprint density at radius 2 is 1.85 bits per heavy atom. The Kier molecular flexibility index (Phi) is 10.0. The van der Waals surface area contributed by atoms with Crippen molar-refractivity contribution in [1.82, 2.24) is 16.1 Å². The summed E-state index contributed by atoms with van der Waals surface area (Å²) in [7, 11) is 0. The highest BCUT2D eigenvalue weighted by molar-refractivity contribution is 7.80. The summed E-state index contributed by atoms with van der Waals surface area (Å²) in [4.78, 5) is 25.1. The second-order valence-electron chi connectivity index (χ2n) is 8.90. The van der Waals surface area contributed by atoms with Gasteiger partial charge in [0.1, 0.15) is 23.9 Å². The average Bonchev–Trinajstić information content (AvgIpc) is 2.95. The molecular formula is C30H29FN4O5S. The number of hydrogen-bond donors (Lipinski definition) is 3. The van der Waals surface area contributed by atoms with E-state index in [1.165, 1.54) is 18.3 Å². The van der Waals surface area contributed by atoms with Gasteiger partial charge in [0, 0.05) is 11.3 Å². The van der Waals surface area contributed by atoms with Crippen LogP contribution in [-0.4, -0.2) is 36.4 Å². The van der Waals surface area contributed by atoms with Crippen molar-refractivity contribution >= 4 is 35.4 Å². The standard InChI is InChI=1S/C30H29FN4O5S/c1-3-38-29(37)27-19(2)33-30(41)34-28(27)24-9-4-5-10-25(24)40-18-26(36)35-32-16-20-11-13-23(14-12-20)39-17-21-7-6-8-22(31)15-21/h4-16,28H,3,17-18H2,1-2H3,(H,35,36)(H2,33,34,41)/t28-/m0/s1. The number of esters is 1. The molecule has 0 unspecified atom stereocenters. The molecule has 0 aliphatic carbocycles. The summed E-state index contributed by atoms with van der Waals surface area (Å²) in [5.41, 5.74) is 5.46. The van der Waals surface area contributed by atoms with Crippen LogP contribution >= 0.6 is 12.2 Å². The predicted molar refractivity (Wildman–Crippen MR) is 156 cm³/mol. The monoisotopic (exact) mass is 576 g/mol. The summed E-state index contributed by atoms with van der Waals surface area (Å²) in [5, 5.41) is 10.4. The molecule has 41 heavy (non-hydrogen) atoms. The minimum absolute atomic E-state index is 0.222. The zero-order valence-corrected chi connectivity index (χ0v) is 23.3. The smallest absolute Gasteiger partial charge is 0.338 e. The zero-order chi connectivity index (χ0) is 29.2. The first kappa shape index (κ1) is 29.2. The number of thiocarbonyl (C=S) groups is 1. The fourth-order valence-corrected chi connectivity index (χ4v) is 4.33. The SMILES string of the molecule is CCOC(=O)C1=C(C)NC(=S)N[C@H]1c1ccccc1OCC(=O)NN=Cc1ccc(OCc2cccc(F)c2)cc1. The van der Waals surface area contributed by atoms with Gasteiger partial charge in [-0.25, -0.2) is 14.6 Å². The van der Waals surface area contributed by atoms with E-state index in [9.17, 15) is 14.0 Å². The maximum Gasteiger partial charge on any atom is 0.338 e. The fourth-order valence-electron chi connectivity index (χ4n) is 4.05. The third-order valence-electron chi connectivity index (χ3n) is 5.93. The van der Waals surface area contributed by atoms with Crippen molar-refractivity contribution in [3.05, 3.63) is 107 Å². The Hall–Kier alpha value is -4.77. The van der Waals surface area contributed by atoms with Crippen molar-refractivity contribution in [3.63, 3.8) is 0 Å². The van der Waals surface area contributed by atoms with Crippen LogP contribution in [0.4, 0.5) is 4.39 Å². The number of allylic oxidation sites excluding steroid dienone is 1. The molecule has 1 amide bonds. The molecule has 0 radical (unpaired) electrons. The maximum absolute atomic E-state index is 13.3.